The summed E-state index contributed by atoms with van der Waals surface area (Å²) in [6.45, 7) is 1.85. The number of benzene rings is 1. The van der Waals surface area contributed by atoms with Crippen molar-refractivity contribution in [2.75, 3.05) is 0 Å². The zero-order valence-electron chi connectivity index (χ0n) is 8.16. The Kier molecular flexibility index (Phi) is 4.29. The number of halogens is 1. The van der Waals surface area contributed by atoms with Crippen molar-refractivity contribution in [1.29, 1.82) is 0 Å². The van der Waals surface area contributed by atoms with Gasteiger partial charge in [0.05, 0.1) is 0 Å². The molecule has 0 aromatic heterocycles. The third-order valence-corrected chi connectivity index (χ3v) is 2.39. The summed E-state index contributed by atoms with van der Waals surface area (Å²) in [5.74, 6) is 0.197. The third kappa shape index (κ3) is 4.03. The second-order valence-electron chi connectivity index (χ2n) is 3.52. The zero-order valence-corrected chi connectivity index (χ0v) is 9.75. The second kappa shape index (κ2) is 5.27. The number of hydrogen-bond donors (Lipinski definition) is 1. The van der Waals surface area contributed by atoms with Crippen LogP contribution in [0.3, 0.4) is 0 Å². The molecular formula is C11H14BrNO. The molecule has 1 rings (SSSR count). The summed E-state index contributed by atoms with van der Waals surface area (Å²) >= 11 is 3.35. The first kappa shape index (κ1) is 11.4. The van der Waals surface area contributed by atoms with Crippen LogP contribution in [0.1, 0.15) is 18.9 Å². The summed E-state index contributed by atoms with van der Waals surface area (Å²) < 4.78 is 1.03. The van der Waals surface area contributed by atoms with Gasteiger partial charge in [-0.25, -0.2) is 0 Å². The highest BCUT2D eigenvalue weighted by atomic mass is 79.9. The molecule has 0 heterocycles. The molecule has 2 nitrogen and oxygen atoms in total. The van der Waals surface area contributed by atoms with E-state index in [1.165, 1.54) is 0 Å². The van der Waals surface area contributed by atoms with Gasteiger partial charge in [-0.15, -0.1) is 0 Å². The number of Topliss-reactive ketones (excluding diaryl/α,β-unsaturated/α-hetero) is 1. The molecule has 0 radical (unpaired) electrons. The van der Waals surface area contributed by atoms with Crippen molar-refractivity contribution in [2.24, 2.45) is 5.73 Å². The van der Waals surface area contributed by atoms with Gasteiger partial charge in [0.1, 0.15) is 5.78 Å². The van der Waals surface area contributed by atoms with Crippen LogP contribution < -0.4 is 5.73 Å². The first-order valence-electron chi connectivity index (χ1n) is 4.59. The number of carbonyl (C=O) groups excluding carboxylic acids is 1. The van der Waals surface area contributed by atoms with Crippen LogP contribution in [0.15, 0.2) is 28.7 Å². The van der Waals surface area contributed by atoms with Gasteiger partial charge in [-0.05, 0) is 24.6 Å². The zero-order chi connectivity index (χ0) is 10.6. The number of hydrogen-bond acceptors (Lipinski definition) is 2. The highest BCUT2D eigenvalue weighted by Gasteiger charge is 2.06. The van der Waals surface area contributed by atoms with E-state index in [0.29, 0.717) is 12.8 Å². The average molecular weight is 256 g/mol. The maximum atomic E-state index is 11.4. The van der Waals surface area contributed by atoms with Crippen LogP contribution in [0, 0.1) is 0 Å². The molecule has 1 atom stereocenters. The lowest BCUT2D eigenvalue weighted by Gasteiger charge is -2.04. The number of nitrogens with two attached hydrogens (primary N) is 1. The van der Waals surface area contributed by atoms with Gasteiger partial charge in [0, 0.05) is 23.4 Å². The number of rotatable bonds is 4. The fourth-order valence-corrected chi connectivity index (χ4v) is 1.53. The minimum Gasteiger partial charge on any atom is -0.328 e. The molecule has 1 unspecified atom stereocenters. The Balaban J connectivity index is 2.52. The van der Waals surface area contributed by atoms with Crippen LogP contribution in [0.25, 0.3) is 0 Å². The van der Waals surface area contributed by atoms with Crippen molar-refractivity contribution in [3.05, 3.63) is 34.3 Å². The highest BCUT2D eigenvalue weighted by molar-refractivity contribution is 9.10. The van der Waals surface area contributed by atoms with Crippen molar-refractivity contribution in [2.45, 2.75) is 25.8 Å². The molecule has 1 aromatic carbocycles. The topological polar surface area (TPSA) is 43.1 Å². The SMILES string of the molecule is CC(N)CC(=O)Cc1ccc(Br)cc1. The number of ketones is 1. The lowest BCUT2D eigenvalue weighted by Crippen LogP contribution is -2.20. The monoisotopic (exact) mass is 255 g/mol. The maximum absolute atomic E-state index is 11.4. The Hall–Kier alpha value is -0.670. The normalized spacial score (nSPS) is 12.5. The predicted octanol–water partition coefficient (Wildman–Crippen LogP) is 2.30. The predicted molar refractivity (Wildman–Crippen MR) is 61.1 cm³/mol. The van der Waals surface area contributed by atoms with Gasteiger partial charge in [-0.1, -0.05) is 28.1 Å². The molecule has 14 heavy (non-hydrogen) atoms. The Morgan fingerprint density at radius 3 is 2.50 bits per heavy atom. The Morgan fingerprint density at radius 2 is 2.00 bits per heavy atom. The van der Waals surface area contributed by atoms with Crippen LogP contribution in [-0.4, -0.2) is 11.8 Å². The second-order valence-corrected chi connectivity index (χ2v) is 4.44. The molecule has 0 aliphatic rings. The van der Waals surface area contributed by atoms with Crippen molar-refractivity contribution < 1.29 is 4.79 Å². The molecule has 76 valence electrons. The first-order chi connectivity index (χ1) is 6.58. The van der Waals surface area contributed by atoms with E-state index in [2.05, 4.69) is 15.9 Å². The summed E-state index contributed by atoms with van der Waals surface area (Å²) in [6.07, 6.45) is 0.935. The molecule has 3 heteroatoms. The quantitative estimate of drug-likeness (QED) is 0.898. The van der Waals surface area contributed by atoms with E-state index in [0.717, 1.165) is 10.0 Å². The summed E-state index contributed by atoms with van der Waals surface area (Å²) in [5, 5.41) is 0. The maximum Gasteiger partial charge on any atom is 0.138 e. The lowest BCUT2D eigenvalue weighted by molar-refractivity contribution is -0.118. The molecule has 0 saturated heterocycles. The van der Waals surface area contributed by atoms with Gasteiger partial charge in [0.25, 0.3) is 0 Å². The largest absolute Gasteiger partial charge is 0.328 e. The molecule has 0 aliphatic carbocycles. The van der Waals surface area contributed by atoms with E-state index in [-0.39, 0.29) is 11.8 Å². The molecule has 2 N–H and O–H groups in total. The number of carbonyl (C=O) groups is 1. The fraction of sp³-hybridized carbons (Fsp3) is 0.364. The Bertz CT molecular complexity index is 306. The molecule has 1 aromatic rings. The first-order valence-corrected chi connectivity index (χ1v) is 5.39. The van der Waals surface area contributed by atoms with Crippen LogP contribution >= 0.6 is 15.9 Å². The van der Waals surface area contributed by atoms with Crippen LogP contribution in [-0.2, 0) is 11.2 Å². The molecule has 0 fully saturated rings. The van der Waals surface area contributed by atoms with E-state index >= 15 is 0 Å². The Labute approximate surface area is 92.6 Å². The van der Waals surface area contributed by atoms with E-state index in [1.807, 2.05) is 31.2 Å². The lowest BCUT2D eigenvalue weighted by atomic mass is 10.0. The Morgan fingerprint density at radius 1 is 1.43 bits per heavy atom. The molecule has 0 saturated carbocycles. The van der Waals surface area contributed by atoms with E-state index < -0.39 is 0 Å². The fourth-order valence-electron chi connectivity index (χ4n) is 1.26. The van der Waals surface area contributed by atoms with Gasteiger partial charge < -0.3 is 5.73 Å². The van der Waals surface area contributed by atoms with Crippen molar-refractivity contribution in [1.82, 2.24) is 0 Å². The summed E-state index contributed by atoms with van der Waals surface area (Å²) in [5.41, 5.74) is 6.58. The smallest absolute Gasteiger partial charge is 0.138 e. The van der Waals surface area contributed by atoms with Gasteiger partial charge in [-0.3, -0.25) is 4.79 Å². The average Bonchev–Trinajstić information content (AvgIpc) is 2.07. The van der Waals surface area contributed by atoms with Crippen LogP contribution in [0.2, 0.25) is 0 Å². The van der Waals surface area contributed by atoms with Gasteiger partial charge in [0.15, 0.2) is 0 Å². The van der Waals surface area contributed by atoms with Gasteiger partial charge >= 0.3 is 0 Å². The van der Waals surface area contributed by atoms with Crippen LogP contribution in [0.4, 0.5) is 0 Å². The summed E-state index contributed by atoms with van der Waals surface area (Å²) in [7, 11) is 0. The van der Waals surface area contributed by atoms with Gasteiger partial charge in [0.2, 0.25) is 0 Å². The van der Waals surface area contributed by atoms with Crippen molar-refractivity contribution in [3.8, 4) is 0 Å². The highest BCUT2D eigenvalue weighted by Crippen LogP contribution is 2.11. The molecule has 0 bridgehead atoms. The van der Waals surface area contributed by atoms with Crippen molar-refractivity contribution >= 4 is 21.7 Å². The summed E-state index contributed by atoms with van der Waals surface area (Å²) in [4.78, 5) is 11.4. The van der Waals surface area contributed by atoms with Crippen molar-refractivity contribution in [3.63, 3.8) is 0 Å². The minimum absolute atomic E-state index is 0.0436. The molecule has 0 spiro atoms. The van der Waals surface area contributed by atoms with E-state index in [9.17, 15) is 4.79 Å². The van der Waals surface area contributed by atoms with Crippen LogP contribution in [0.5, 0.6) is 0 Å². The van der Waals surface area contributed by atoms with Gasteiger partial charge in [-0.2, -0.15) is 0 Å². The third-order valence-electron chi connectivity index (χ3n) is 1.86. The molecule has 0 aliphatic heterocycles. The van der Waals surface area contributed by atoms with E-state index in [4.69, 9.17) is 5.73 Å². The minimum atomic E-state index is -0.0436. The van der Waals surface area contributed by atoms with E-state index in [1.54, 1.807) is 0 Å². The summed E-state index contributed by atoms with van der Waals surface area (Å²) in [6, 6.07) is 7.73. The standard InChI is InChI=1S/C11H14BrNO/c1-8(13)6-11(14)7-9-2-4-10(12)5-3-9/h2-5,8H,6-7,13H2,1H3. The molecular weight excluding hydrogens is 242 g/mol. The molecule has 0 amide bonds.